The average molecular weight is 262 g/mol. The highest BCUT2D eigenvalue weighted by Gasteiger charge is 2.21. The van der Waals surface area contributed by atoms with Gasteiger partial charge in [-0.2, -0.15) is 0 Å². The van der Waals surface area contributed by atoms with Gasteiger partial charge in [0.1, 0.15) is 0 Å². The van der Waals surface area contributed by atoms with Gasteiger partial charge in [0.2, 0.25) is 5.91 Å². The normalized spacial score (nSPS) is 18.2. The van der Waals surface area contributed by atoms with Crippen LogP contribution < -0.4 is 10.6 Å². The van der Waals surface area contributed by atoms with E-state index in [-0.39, 0.29) is 18.4 Å². The lowest BCUT2D eigenvalue weighted by atomic mass is 10.0. The minimum atomic E-state index is -0.865. The summed E-state index contributed by atoms with van der Waals surface area (Å²) in [5, 5.41) is 14.8. The van der Waals surface area contributed by atoms with Gasteiger partial charge in [0.25, 0.3) is 0 Å². The predicted octanol–water partition coefficient (Wildman–Crippen LogP) is 0.682. The van der Waals surface area contributed by atoms with Crippen LogP contribution in [-0.2, 0) is 22.6 Å². The molecule has 1 fully saturated rings. The number of amides is 1. The van der Waals surface area contributed by atoms with Gasteiger partial charge in [0.05, 0.1) is 12.5 Å². The maximum Gasteiger partial charge on any atom is 0.307 e. The summed E-state index contributed by atoms with van der Waals surface area (Å²) in [4.78, 5) is 22.6. The number of rotatable bonds is 5. The quantitative estimate of drug-likeness (QED) is 0.729. The van der Waals surface area contributed by atoms with E-state index in [4.69, 9.17) is 5.11 Å². The fourth-order valence-electron chi connectivity index (χ4n) is 2.28. The summed E-state index contributed by atoms with van der Waals surface area (Å²) in [6.45, 7) is 1.26. The van der Waals surface area contributed by atoms with Crippen LogP contribution in [0.25, 0.3) is 0 Å². The van der Waals surface area contributed by atoms with Gasteiger partial charge in [-0.05, 0) is 30.5 Å². The van der Waals surface area contributed by atoms with Crippen molar-refractivity contribution in [3.8, 4) is 0 Å². The van der Waals surface area contributed by atoms with Crippen LogP contribution in [0.5, 0.6) is 0 Å². The van der Waals surface area contributed by atoms with E-state index in [2.05, 4.69) is 10.6 Å². The number of benzene rings is 1. The molecular weight excluding hydrogens is 244 g/mol. The third-order valence-electron chi connectivity index (χ3n) is 3.29. The summed E-state index contributed by atoms with van der Waals surface area (Å²) in [5.74, 6) is -0.876. The van der Waals surface area contributed by atoms with Gasteiger partial charge in [-0.1, -0.05) is 24.3 Å². The molecule has 1 aromatic carbocycles. The highest BCUT2D eigenvalue weighted by molar-refractivity contribution is 5.82. The van der Waals surface area contributed by atoms with Crippen LogP contribution in [0.1, 0.15) is 24.0 Å². The smallest absolute Gasteiger partial charge is 0.307 e. The second-order valence-corrected chi connectivity index (χ2v) is 4.71. The Hall–Kier alpha value is -1.88. The maximum absolute atomic E-state index is 11.9. The molecule has 0 radical (unpaired) electrons. The molecule has 0 spiro atoms. The zero-order chi connectivity index (χ0) is 13.7. The molecule has 3 N–H and O–H groups in total. The predicted molar refractivity (Wildman–Crippen MR) is 70.7 cm³/mol. The lowest BCUT2D eigenvalue weighted by molar-refractivity contribution is -0.136. The Labute approximate surface area is 112 Å². The van der Waals surface area contributed by atoms with Crippen LogP contribution in [0.2, 0.25) is 0 Å². The zero-order valence-electron chi connectivity index (χ0n) is 10.7. The van der Waals surface area contributed by atoms with E-state index in [9.17, 15) is 9.59 Å². The molecule has 1 aliphatic heterocycles. The van der Waals surface area contributed by atoms with Gasteiger partial charge < -0.3 is 15.7 Å². The lowest BCUT2D eigenvalue weighted by Crippen LogP contribution is -2.40. The fraction of sp³-hybridized carbons (Fsp3) is 0.429. The van der Waals surface area contributed by atoms with Crippen molar-refractivity contribution in [1.29, 1.82) is 0 Å². The van der Waals surface area contributed by atoms with Crippen molar-refractivity contribution in [3.63, 3.8) is 0 Å². The highest BCUT2D eigenvalue weighted by Crippen LogP contribution is 2.10. The van der Waals surface area contributed by atoms with Crippen molar-refractivity contribution in [1.82, 2.24) is 10.6 Å². The molecule has 0 saturated carbocycles. The van der Waals surface area contributed by atoms with E-state index in [0.29, 0.717) is 6.54 Å². The van der Waals surface area contributed by atoms with Crippen molar-refractivity contribution in [2.24, 2.45) is 0 Å². The van der Waals surface area contributed by atoms with Crippen LogP contribution in [0.4, 0.5) is 0 Å². The summed E-state index contributed by atoms with van der Waals surface area (Å²) in [5.41, 5.74) is 1.60. The molecule has 5 nitrogen and oxygen atoms in total. The van der Waals surface area contributed by atoms with Gasteiger partial charge in [-0.3, -0.25) is 9.59 Å². The monoisotopic (exact) mass is 262 g/mol. The lowest BCUT2D eigenvalue weighted by Gasteiger charge is -2.13. The molecule has 0 bridgehead atoms. The first kappa shape index (κ1) is 13.5. The van der Waals surface area contributed by atoms with Crippen LogP contribution >= 0.6 is 0 Å². The number of carbonyl (C=O) groups is 2. The number of carbonyl (C=O) groups excluding carboxylic acids is 1. The van der Waals surface area contributed by atoms with E-state index in [0.717, 1.165) is 30.5 Å². The molecule has 1 amide bonds. The van der Waals surface area contributed by atoms with E-state index in [1.54, 1.807) is 6.07 Å². The molecule has 1 aromatic rings. The number of hydrogen-bond acceptors (Lipinski definition) is 3. The first-order valence-corrected chi connectivity index (χ1v) is 6.46. The molecule has 5 heteroatoms. The Morgan fingerprint density at radius 2 is 2.05 bits per heavy atom. The van der Waals surface area contributed by atoms with Crippen LogP contribution in [-0.4, -0.2) is 29.6 Å². The molecule has 102 valence electrons. The number of carboxylic acids is 1. The summed E-state index contributed by atoms with van der Waals surface area (Å²) >= 11 is 0. The van der Waals surface area contributed by atoms with Crippen molar-refractivity contribution < 1.29 is 14.7 Å². The second-order valence-electron chi connectivity index (χ2n) is 4.71. The third-order valence-corrected chi connectivity index (χ3v) is 3.29. The SMILES string of the molecule is O=C(O)Cc1ccccc1CNC(=O)[C@@H]1CCCN1. The Bertz CT molecular complexity index is 468. The maximum atomic E-state index is 11.9. The minimum Gasteiger partial charge on any atom is -0.481 e. The fourth-order valence-corrected chi connectivity index (χ4v) is 2.28. The van der Waals surface area contributed by atoms with Crippen molar-refractivity contribution in [3.05, 3.63) is 35.4 Å². The molecule has 1 atom stereocenters. The summed E-state index contributed by atoms with van der Waals surface area (Å²) in [6, 6.07) is 7.18. The number of hydrogen-bond donors (Lipinski definition) is 3. The van der Waals surface area contributed by atoms with Gasteiger partial charge in [-0.25, -0.2) is 0 Å². The molecule has 2 rings (SSSR count). The topological polar surface area (TPSA) is 78.4 Å². The molecular formula is C14H18N2O3. The molecule has 0 aromatic heterocycles. The molecule has 0 aliphatic carbocycles. The van der Waals surface area contributed by atoms with E-state index in [1.165, 1.54) is 0 Å². The average Bonchev–Trinajstić information content (AvgIpc) is 2.90. The van der Waals surface area contributed by atoms with Crippen molar-refractivity contribution in [2.45, 2.75) is 31.8 Å². The van der Waals surface area contributed by atoms with Gasteiger partial charge in [0, 0.05) is 6.54 Å². The molecule has 1 aliphatic rings. The Morgan fingerprint density at radius 1 is 1.32 bits per heavy atom. The largest absolute Gasteiger partial charge is 0.481 e. The summed E-state index contributed by atoms with van der Waals surface area (Å²) < 4.78 is 0. The van der Waals surface area contributed by atoms with E-state index in [1.807, 2.05) is 18.2 Å². The Kier molecular flexibility index (Phi) is 4.52. The van der Waals surface area contributed by atoms with Crippen molar-refractivity contribution >= 4 is 11.9 Å². The third kappa shape index (κ3) is 3.79. The number of aliphatic carboxylic acids is 1. The highest BCUT2D eigenvalue weighted by atomic mass is 16.4. The minimum absolute atomic E-state index is 0.0115. The van der Waals surface area contributed by atoms with Crippen molar-refractivity contribution in [2.75, 3.05) is 6.54 Å². The molecule has 1 heterocycles. The van der Waals surface area contributed by atoms with Crippen LogP contribution in [0, 0.1) is 0 Å². The van der Waals surface area contributed by atoms with Crippen LogP contribution in [0.15, 0.2) is 24.3 Å². The standard InChI is InChI=1S/C14H18N2O3/c17-13(18)8-10-4-1-2-5-11(10)9-16-14(19)12-6-3-7-15-12/h1-2,4-5,12,15H,3,6-9H2,(H,16,19)(H,17,18)/t12-/m0/s1. The zero-order valence-corrected chi connectivity index (χ0v) is 10.7. The van der Waals surface area contributed by atoms with Gasteiger partial charge >= 0.3 is 5.97 Å². The van der Waals surface area contributed by atoms with E-state index >= 15 is 0 Å². The van der Waals surface area contributed by atoms with E-state index < -0.39 is 5.97 Å². The molecule has 19 heavy (non-hydrogen) atoms. The number of carboxylic acid groups (broad SMARTS) is 1. The van der Waals surface area contributed by atoms with Gasteiger partial charge in [0.15, 0.2) is 0 Å². The Balaban J connectivity index is 1.94. The first-order valence-electron chi connectivity index (χ1n) is 6.46. The number of nitrogens with one attached hydrogen (secondary N) is 2. The summed E-state index contributed by atoms with van der Waals surface area (Å²) in [6.07, 6.45) is 1.87. The second kappa shape index (κ2) is 6.33. The van der Waals surface area contributed by atoms with Crippen LogP contribution in [0.3, 0.4) is 0 Å². The molecule has 1 saturated heterocycles. The van der Waals surface area contributed by atoms with Gasteiger partial charge in [-0.15, -0.1) is 0 Å². The summed E-state index contributed by atoms with van der Waals surface area (Å²) in [7, 11) is 0. The molecule has 0 unspecified atom stereocenters. The first-order chi connectivity index (χ1) is 9.16. The Morgan fingerprint density at radius 3 is 2.68 bits per heavy atom.